The Balaban J connectivity index is 1.44. The minimum absolute atomic E-state index is 0.0360. The predicted octanol–water partition coefficient (Wildman–Crippen LogP) is 2.67. The van der Waals surface area contributed by atoms with Crippen LogP contribution < -0.4 is 16.2 Å². The van der Waals surface area contributed by atoms with Gasteiger partial charge in [0.15, 0.2) is 5.65 Å². The van der Waals surface area contributed by atoms with Gasteiger partial charge in [0.1, 0.15) is 18.1 Å². The number of hydrogen-bond donors (Lipinski definition) is 1. The van der Waals surface area contributed by atoms with Crippen molar-refractivity contribution in [2.24, 2.45) is 7.05 Å². The number of rotatable bonds is 4. The molecule has 0 aliphatic carbocycles. The molecular formula is C24H22FN5O3. The SMILES string of the molecule is COc1ccc2c(c1)CN(C(=O)Cn1c(=O)n(C)c3cc(-c4ccc(F)c(N)c4)cnc31)C2. The molecule has 0 saturated heterocycles. The zero-order valence-electron chi connectivity index (χ0n) is 18.2. The molecule has 5 rings (SSSR count). The summed E-state index contributed by atoms with van der Waals surface area (Å²) in [6.45, 7) is 0.840. The Morgan fingerprint density at radius 3 is 2.67 bits per heavy atom. The van der Waals surface area contributed by atoms with E-state index in [9.17, 15) is 14.0 Å². The Kier molecular flexibility index (Phi) is 4.88. The van der Waals surface area contributed by atoms with Crippen LogP contribution in [0.15, 0.2) is 53.5 Å². The zero-order valence-corrected chi connectivity index (χ0v) is 18.2. The van der Waals surface area contributed by atoms with Crippen molar-refractivity contribution in [3.05, 3.63) is 76.1 Å². The van der Waals surface area contributed by atoms with Crippen molar-refractivity contribution >= 4 is 22.8 Å². The maximum atomic E-state index is 13.5. The van der Waals surface area contributed by atoms with Crippen molar-refractivity contribution in [1.82, 2.24) is 19.0 Å². The molecule has 0 saturated carbocycles. The van der Waals surface area contributed by atoms with Gasteiger partial charge in [-0.25, -0.2) is 14.2 Å². The fraction of sp³-hybridized carbons (Fsp3) is 0.208. The van der Waals surface area contributed by atoms with E-state index in [1.165, 1.54) is 21.3 Å². The van der Waals surface area contributed by atoms with Gasteiger partial charge >= 0.3 is 5.69 Å². The number of ether oxygens (including phenoxy) is 1. The quantitative estimate of drug-likeness (QED) is 0.486. The molecule has 0 unspecified atom stereocenters. The van der Waals surface area contributed by atoms with E-state index in [0.29, 0.717) is 35.4 Å². The molecule has 1 aliphatic heterocycles. The lowest BCUT2D eigenvalue weighted by Crippen LogP contribution is -2.33. The number of carbonyl (C=O) groups excluding carboxylic acids is 1. The highest BCUT2D eigenvalue weighted by molar-refractivity contribution is 5.82. The van der Waals surface area contributed by atoms with Crippen LogP contribution in [0.1, 0.15) is 11.1 Å². The van der Waals surface area contributed by atoms with Gasteiger partial charge in [-0.1, -0.05) is 12.1 Å². The van der Waals surface area contributed by atoms with Gasteiger partial charge in [0.25, 0.3) is 0 Å². The van der Waals surface area contributed by atoms with Crippen LogP contribution in [-0.2, 0) is 31.5 Å². The molecule has 0 bridgehead atoms. The van der Waals surface area contributed by atoms with E-state index in [0.717, 1.165) is 16.9 Å². The Morgan fingerprint density at radius 2 is 1.91 bits per heavy atom. The van der Waals surface area contributed by atoms with Crippen LogP contribution in [0.25, 0.3) is 22.3 Å². The van der Waals surface area contributed by atoms with E-state index in [4.69, 9.17) is 10.5 Å². The van der Waals surface area contributed by atoms with Gasteiger partial charge in [-0.05, 0) is 47.0 Å². The topological polar surface area (TPSA) is 95.4 Å². The number of benzene rings is 2. The van der Waals surface area contributed by atoms with E-state index in [1.807, 2.05) is 18.2 Å². The second-order valence-electron chi connectivity index (χ2n) is 8.12. The van der Waals surface area contributed by atoms with Crippen molar-refractivity contribution in [3.8, 4) is 16.9 Å². The van der Waals surface area contributed by atoms with Crippen LogP contribution in [0.3, 0.4) is 0 Å². The first kappa shape index (κ1) is 20.7. The third kappa shape index (κ3) is 3.51. The molecule has 2 aromatic carbocycles. The smallest absolute Gasteiger partial charge is 0.330 e. The van der Waals surface area contributed by atoms with Crippen LogP contribution in [0.2, 0.25) is 0 Å². The second kappa shape index (κ2) is 7.77. The van der Waals surface area contributed by atoms with E-state index >= 15 is 0 Å². The minimum atomic E-state index is -0.493. The molecule has 0 radical (unpaired) electrons. The lowest BCUT2D eigenvalue weighted by molar-refractivity contribution is -0.132. The van der Waals surface area contributed by atoms with Crippen LogP contribution in [-0.4, -0.2) is 32.0 Å². The first-order valence-electron chi connectivity index (χ1n) is 10.4. The van der Waals surface area contributed by atoms with Crippen LogP contribution in [0.4, 0.5) is 10.1 Å². The van der Waals surface area contributed by atoms with Crippen molar-refractivity contribution in [2.45, 2.75) is 19.6 Å². The molecule has 0 atom stereocenters. The number of imidazole rings is 1. The largest absolute Gasteiger partial charge is 0.497 e. The lowest BCUT2D eigenvalue weighted by Gasteiger charge is -2.15. The molecule has 1 aliphatic rings. The van der Waals surface area contributed by atoms with E-state index in [-0.39, 0.29) is 23.8 Å². The number of nitrogen functional groups attached to an aromatic ring is 1. The van der Waals surface area contributed by atoms with Crippen molar-refractivity contribution in [2.75, 3.05) is 12.8 Å². The number of carbonyl (C=O) groups is 1. The number of aromatic nitrogens is 3. The molecule has 4 aromatic rings. The summed E-state index contributed by atoms with van der Waals surface area (Å²) in [5.74, 6) is 0.0838. The average molecular weight is 447 g/mol. The standard InChI is InChI=1S/C24H22FN5O3/c1-28-21-9-16(14-4-6-19(25)20(26)8-14)10-27-23(21)30(24(28)32)13-22(31)29-11-15-3-5-18(33-2)7-17(15)12-29/h3-10H,11-13,26H2,1-2H3. The molecule has 9 heteroatoms. The second-order valence-corrected chi connectivity index (χ2v) is 8.12. The zero-order chi connectivity index (χ0) is 23.3. The van der Waals surface area contributed by atoms with Gasteiger partial charge < -0.3 is 15.4 Å². The van der Waals surface area contributed by atoms with Crippen molar-refractivity contribution in [1.29, 1.82) is 0 Å². The van der Waals surface area contributed by atoms with Crippen molar-refractivity contribution < 1.29 is 13.9 Å². The van der Waals surface area contributed by atoms with E-state index < -0.39 is 5.82 Å². The number of hydrogen-bond acceptors (Lipinski definition) is 5. The molecule has 3 heterocycles. The minimum Gasteiger partial charge on any atom is -0.497 e. The fourth-order valence-electron chi connectivity index (χ4n) is 4.21. The summed E-state index contributed by atoms with van der Waals surface area (Å²) >= 11 is 0. The Morgan fingerprint density at radius 1 is 1.12 bits per heavy atom. The molecule has 0 fully saturated rings. The summed E-state index contributed by atoms with van der Waals surface area (Å²) < 4.78 is 21.6. The molecule has 2 aromatic heterocycles. The number of nitrogens with zero attached hydrogens (tertiary/aromatic N) is 4. The van der Waals surface area contributed by atoms with E-state index in [2.05, 4.69) is 4.98 Å². The Hall–Kier alpha value is -4.14. The normalized spacial score (nSPS) is 12.9. The number of anilines is 1. The van der Waals surface area contributed by atoms with Crippen LogP contribution in [0, 0.1) is 5.82 Å². The summed E-state index contributed by atoms with van der Waals surface area (Å²) in [5, 5.41) is 0. The summed E-state index contributed by atoms with van der Waals surface area (Å²) in [4.78, 5) is 32.1. The van der Waals surface area contributed by atoms with Gasteiger partial charge in [0.2, 0.25) is 5.91 Å². The maximum Gasteiger partial charge on any atom is 0.330 e. The molecule has 8 nitrogen and oxygen atoms in total. The fourth-order valence-corrected chi connectivity index (χ4v) is 4.21. The number of aryl methyl sites for hydroxylation is 1. The maximum absolute atomic E-state index is 13.5. The summed E-state index contributed by atoms with van der Waals surface area (Å²) in [6, 6.07) is 12.0. The molecule has 168 valence electrons. The molecule has 33 heavy (non-hydrogen) atoms. The molecule has 0 spiro atoms. The number of amides is 1. The molecular weight excluding hydrogens is 425 g/mol. The highest BCUT2D eigenvalue weighted by Gasteiger charge is 2.25. The van der Waals surface area contributed by atoms with Crippen LogP contribution >= 0.6 is 0 Å². The number of pyridine rings is 1. The van der Waals surface area contributed by atoms with Gasteiger partial charge in [-0.2, -0.15) is 0 Å². The van der Waals surface area contributed by atoms with Crippen LogP contribution in [0.5, 0.6) is 5.75 Å². The predicted molar refractivity (Wildman–Crippen MR) is 122 cm³/mol. The first-order valence-corrected chi connectivity index (χ1v) is 10.4. The van der Waals surface area contributed by atoms with Gasteiger partial charge in [-0.3, -0.25) is 13.9 Å². The van der Waals surface area contributed by atoms with E-state index in [1.54, 1.807) is 37.4 Å². The number of methoxy groups -OCH3 is 1. The third-order valence-corrected chi connectivity index (χ3v) is 6.09. The molecule has 2 N–H and O–H groups in total. The monoisotopic (exact) mass is 447 g/mol. The van der Waals surface area contributed by atoms with Gasteiger partial charge in [0.05, 0.1) is 18.3 Å². The number of halogens is 1. The summed E-state index contributed by atoms with van der Waals surface area (Å²) in [5.41, 5.74) is 9.85. The lowest BCUT2D eigenvalue weighted by atomic mass is 10.1. The van der Waals surface area contributed by atoms with Gasteiger partial charge in [-0.15, -0.1) is 0 Å². The Bertz CT molecular complexity index is 1470. The average Bonchev–Trinajstić information content (AvgIpc) is 3.35. The highest BCUT2D eigenvalue weighted by atomic mass is 19.1. The Labute approximate surface area is 188 Å². The number of fused-ring (bicyclic) bond motifs is 2. The van der Waals surface area contributed by atoms with Crippen molar-refractivity contribution in [3.63, 3.8) is 0 Å². The summed E-state index contributed by atoms with van der Waals surface area (Å²) in [6.07, 6.45) is 1.59. The van der Waals surface area contributed by atoms with Gasteiger partial charge in [0, 0.05) is 31.9 Å². The summed E-state index contributed by atoms with van der Waals surface area (Å²) in [7, 11) is 3.24. The number of nitrogens with two attached hydrogens (primary N) is 1. The first-order chi connectivity index (χ1) is 15.9. The highest BCUT2D eigenvalue weighted by Crippen LogP contribution is 2.28. The molecule has 1 amide bonds. The third-order valence-electron chi connectivity index (χ3n) is 6.09.